The first-order valence-corrected chi connectivity index (χ1v) is 12.2. The molecule has 2 fully saturated rings. The van der Waals surface area contributed by atoms with Gasteiger partial charge in [0.2, 0.25) is 5.95 Å². The molecule has 6 nitrogen and oxygen atoms in total. The molecule has 3 heterocycles. The van der Waals surface area contributed by atoms with Gasteiger partial charge in [0.25, 0.3) is 5.56 Å². The van der Waals surface area contributed by atoms with Crippen LogP contribution in [0.5, 0.6) is 0 Å². The molecule has 1 saturated heterocycles. The van der Waals surface area contributed by atoms with Crippen LogP contribution >= 0.6 is 0 Å². The quantitative estimate of drug-likeness (QED) is 0.564. The second-order valence-corrected chi connectivity index (χ2v) is 9.37. The van der Waals surface area contributed by atoms with E-state index in [4.69, 9.17) is 4.98 Å². The van der Waals surface area contributed by atoms with Gasteiger partial charge in [0.05, 0.1) is 0 Å². The maximum Gasteiger partial charge on any atom is 0.252 e. The number of nitrogens with zero attached hydrogens (tertiary/aromatic N) is 4. The molecule has 5 rings (SSSR count). The number of benzene rings is 1. The highest BCUT2D eigenvalue weighted by atomic mass is 16.1. The molecule has 2 aromatic heterocycles. The van der Waals surface area contributed by atoms with Crippen LogP contribution < -0.4 is 15.8 Å². The zero-order chi connectivity index (χ0) is 21.9. The van der Waals surface area contributed by atoms with E-state index in [0.29, 0.717) is 11.9 Å². The van der Waals surface area contributed by atoms with Crippen molar-refractivity contribution >= 4 is 28.4 Å². The summed E-state index contributed by atoms with van der Waals surface area (Å²) < 4.78 is 1.89. The molecule has 3 aromatic rings. The van der Waals surface area contributed by atoms with Crippen molar-refractivity contribution in [2.75, 3.05) is 23.3 Å². The predicted octanol–water partition coefficient (Wildman–Crippen LogP) is 5.67. The topological polar surface area (TPSA) is 63.1 Å². The molecule has 6 heteroatoms. The number of fused-ring (bicyclic) bond motifs is 1. The Morgan fingerprint density at radius 3 is 2.41 bits per heavy atom. The third kappa shape index (κ3) is 4.36. The minimum atomic E-state index is 0.0195. The summed E-state index contributed by atoms with van der Waals surface area (Å²) in [7, 11) is 0. The van der Waals surface area contributed by atoms with Crippen molar-refractivity contribution in [3.63, 3.8) is 0 Å². The van der Waals surface area contributed by atoms with Crippen LogP contribution in [0.2, 0.25) is 0 Å². The zero-order valence-corrected chi connectivity index (χ0v) is 19.0. The molecular weight excluding hydrogens is 398 g/mol. The van der Waals surface area contributed by atoms with Crippen molar-refractivity contribution in [3.8, 4) is 0 Å². The van der Waals surface area contributed by atoms with Gasteiger partial charge in [-0.15, -0.1) is 0 Å². The Morgan fingerprint density at radius 2 is 1.66 bits per heavy atom. The Morgan fingerprint density at radius 1 is 0.938 bits per heavy atom. The van der Waals surface area contributed by atoms with Crippen molar-refractivity contribution in [3.05, 3.63) is 52.9 Å². The first-order chi connectivity index (χ1) is 15.7. The van der Waals surface area contributed by atoms with E-state index in [9.17, 15) is 4.79 Å². The van der Waals surface area contributed by atoms with Gasteiger partial charge < -0.3 is 10.2 Å². The molecule has 0 radical (unpaired) electrons. The van der Waals surface area contributed by atoms with E-state index in [2.05, 4.69) is 46.4 Å². The highest BCUT2D eigenvalue weighted by molar-refractivity contribution is 5.76. The van der Waals surface area contributed by atoms with Gasteiger partial charge in [-0.05, 0) is 75.3 Å². The van der Waals surface area contributed by atoms with Crippen LogP contribution in [-0.2, 0) is 0 Å². The second-order valence-electron chi connectivity index (χ2n) is 9.37. The molecule has 1 aliphatic carbocycles. The summed E-state index contributed by atoms with van der Waals surface area (Å²) in [5, 5.41) is 4.24. The standard InChI is InChI=1S/C26H33N5O/c1-19(20-8-4-2-5-9-20)31-24(32)15-10-21-18-27-26(29-25(21)31)28-22-11-13-23(14-12-22)30-16-6-3-7-17-30/h10-15,18-20H,2-9,16-17H2,1H3,(H,27,28,29). The molecule has 1 unspecified atom stereocenters. The van der Waals surface area contributed by atoms with Crippen LogP contribution in [0.4, 0.5) is 17.3 Å². The maximum absolute atomic E-state index is 12.9. The number of pyridine rings is 1. The fourth-order valence-electron chi connectivity index (χ4n) is 5.36. The first-order valence-electron chi connectivity index (χ1n) is 12.2. The summed E-state index contributed by atoms with van der Waals surface area (Å²) in [5.41, 5.74) is 2.96. The summed E-state index contributed by atoms with van der Waals surface area (Å²) in [6, 6.07) is 12.1. The van der Waals surface area contributed by atoms with Crippen molar-refractivity contribution in [1.29, 1.82) is 0 Å². The number of hydrogen-bond acceptors (Lipinski definition) is 5. The largest absolute Gasteiger partial charge is 0.372 e. The Bertz CT molecular complexity index is 1110. The normalized spacial score (nSPS) is 18.6. The van der Waals surface area contributed by atoms with E-state index in [1.807, 2.05) is 16.8 Å². The van der Waals surface area contributed by atoms with Crippen LogP contribution in [0, 0.1) is 5.92 Å². The molecule has 1 aliphatic heterocycles. The fourth-order valence-corrected chi connectivity index (χ4v) is 5.36. The van der Waals surface area contributed by atoms with Crippen LogP contribution in [-0.4, -0.2) is 27.6 Å². The van der Waals surface area contributed by atoms with Gasteiger partial charge in [0.1, 0.15) is 5.65 Å². The summed E-state index contributed by atoms with van der Waals surface area (Å²) in [6.45, 7) is 4.44. The van der Waals surface area contributed by atoms with Crippen LogP contribution in [0.25, 0.3) is 11.0 Å². The number of anilines is 3. The van der Waals surface area contributed by atoms with Crippen molar-refractivity contribution in [1.82, 2.24) is 14.5 Å². The lowest BCUT2D eigenvalue weighted by atomic mass is 9.84. The molecule has 168 valence electrons. The zero-order valence-electron chi connectivity index (χ0n) is 19.0. The van der Waals surface area contributed by atoms with Crippen LogP contribution in [0.15, 0.2) is 47.4 Å². The minimum Gasteiger partial charge on any atom is -0.372 e. The number of nitrogens with one attached hydrogen (secondary N) is 1. The Kier molecular flexibility index (Phi) is 6.10. The molecule has 1 atom stereocenters. The van der Waals surface area contributed by atoms with Gasteiger partial charge in [0, 0.05) is 48.2 Å². The lowest BCUT2D eigenvalue weighted by molar-refractivity contribution is 0.264. The molecule has 0 amide bonds. The smallest absolute Gasteiger partial charge is 0.252 e. The number of piperidine rings is 1. The van der Waals surface area contributed by atoms with Gasteiger partial charge in [-0.2, -0.15) is 4.98 Å². The van der Waals surface area contributed by atoms with E-state index in [0.717, 1.165) is 29.8 Å². The average Bonchev–Trinajstić information content (AvgIpc) is 2.85. The highest BCUT2D eigenvalue weighted by Gasteiger charge is 2.24. The predicted molar refractivity (Wildman–Crippen MR) is 131 cm³/mol. The lowest BCUT2D eigenvalue weighted by Crippen LogP contribution is -2.29. The number of aromatic nitrogens is 3. The first kappa shape index (κ1) is 21.0. The van der Waals surface area contributed by atoms with E-state index in [1.165, 1.54) is 57.1 Å². The molecular formula is C26H33N5O. The fraction of sp³-hybridized carbons (Fsp3) is 0.500. The monoisotopic (exact) mass is 431 g/mol. The van der Waals surface area contributed by atoms with Gasteiger partial charge >= 0.3 is 0 Å². The van der Waals surface area contributed by atoms with Crippen molar-refractivity contribution in [2.24, 2.45) is 5.92 Å². The van der Waals surface area contributed by atoms with E-state index >= 15 is 0 Å². The maximum atomic E-state index is 12.9. The van der Waals surface area contributed by atoms with Gasteiger partial charge in [0.15, 0.2) is 0 Å². The molecule has 2 aliphatic rings. The summed E-state index contributed by atoms with van der Waals surface area (Å²) >= 11 is 0. The van der Waals surface area contributed by atoms with Crippen molar-refractivity contribution < 1.29 is 0 Å². The number of rotatable bonds is 5. The average molecular weight is 432 g/mol. The molecule has 1 saturated carbocycles. The van der Waals surface area contributed by atoms with Crippen LogP contribution in [0.1, 0.15) is 64.3 Å². The SMILES string of the molecule is CC(C1CCCCC1)n1c(=O)ccc2cnc(Nc3ccc(N4CCCCC4)cc3)nc21. The van der Waals surface area contributed by atoms with Crippen LogP contribution in [0.3, 0.4) is 0 Å². The summed E-state index contributed by atoms with van der Waals surface area (Å²) in [4.78, 5) is 24.6. The molecule has 1 aromatic carbocycles. The molecule has 1 N–H and O–H groups in total. The van der Waals surface area contributed by atoms with Gasteiger partial charge in [-0.1, -0.05) is 19.3 Å². The Hall–Kier alpha value is -2.89. The van der Waals surface area contributed by atoms with Gasteiger partial charge in [-0.3, -0.25) is 9.36 Å². The third-order valence-electron chi connectivity index (χ3n) is 7.25. The molecule has 0 spiro atoms. The summed E-state index contributed by atoms with van der Waals surface area (Å²) in [5.74, 6) is 1.05. The highest BCUT2D eigenvalue weighted by Crippen LogP contribution is 2.33. The number of hydrogen-bond donors (Lipinski definition) is 1. The van der Waals surface area contributed by atoms with Crippen molar-refractivity contribution in [2.45, 2.75) is 64.3 Å². The van der Waals surface area contributed by atoms with E-state index in [1.54, 1.807) is 6.07 Å². The summed E-state index contributed by atoms with van der Waals surface area (Å²) in [6.07, 6.45) is 11.9. The second kappa shape index (κ2) is 9.31. The molecule has 32 heavy (non-hydrogen) atoms. The van der Waals surface area contributed by atoms with E-state index in [-0.39, 0.29) is 11.6 Å². The lowest BCUT2D eigenvalue weighted by Gasteiger charge is -2.29. The Balaban J connectivity index is 1.40. The Labute approximate surface area is 189 Å². The minimum absolute atomic E-state index is 0.0195. The van der Waals surface area contributed by atoms with Gasteiger partial charge in [-0.25, -0.2) is 4.98 Å². The third-order valence-corrected chi connectivity index (χ3v) is 7.25. The molecule has 0 bridgehead atoms. The van der Waals surface area contributed by atoms with E-state index < -0.39 is 0 Å².